The summed E-state index contributed by atoms with van der Waals surface area (Å²) in [5, 5.41) is 3.15. The number of ether oxygens (including phenoxy) is 4. The topological polar surface area (TPSA) is 75.7 Å². The summed E-state index contributed by atoms with van der Waals surface area (Å²) in [7, 11) is 4.87. The summed E-state index contributed by atoms with van der Waals surface area (Å²) < 4.78 is 77.5. The highest BCUT2D eigenvalue weighted by atomic mass is 35.5. The van der Waals surface area contributed by atoms with E-state index in [1.54, 1.807) is 60.3 Å². The maximum atomic E-state index is 18.5. The SMILES string of the molecule is COc1ccc(CC2CCCN(C(F)C(COC(=O)Nc3ccc(Cl)cc3)(C(F)N3CCCC(Cc4ccc(OC)cc4)C3)C(F)N3CCCC(Cc4ccc(OC)cc4)C3)C2)cc1. The largest absolute Gasteiger partial charge is 0.497 e. The molecule has 0 radical (unpaired) electrons. The highest BCUT2D eigenvalue weighted by Crippen LogP contribution is 2.46. The van der Waals surface area contributed by atoms with E-state index in [2.05, 4.69) is 5.32 Å². The van der Waals surface area contributed by atoms with Crippen LogP contribution in [-0.4, -0.2) is 107 Å². The molecule has 0 spiro atoms. The molecule has 0 aliphatic carbocycles. The number of amides is 1. The van der Waals surface area contributed by atoms with Gasteiger partial charge in [-0.2, -0.15) is 0 Å². The van der Waals surface area contributed by atoms with E-state index in [-0.39, 0.29) is 17.8 Å². The fourth-order valence-electron chi connectivity index (χ4n) is 10.1. The molecule has 3 aliphatic rings. The molecule has 13 heteroatoms. The lowest BCUT2D eigenvalue weighted by atomic mass is 9.78. The number of methoxy groups -OCH3 is 3. The van der Waals surface area contributed by atoms with Gasteiger partial charge in [-0.3, -0.25) is 20.0 Å². The minimum absolute atomic E-state index is 0.0380. The second-order valence-corrected chi connectivity index (χ2v) is 18.4. The average Bonchev–Trinajstić information content (AvgIpc) is 3.33. The van der Waals surface area contributed by atoms with Crippen LogP contribution in [-0.2, 0) is 24.0 Å². The molecule has 0 bridgehead atoms. The molecule has 1 amide bonds. The first-order chi connectivity index (χ1) is 31.1. The number of alkyl halides is 3. The number of halogens is 4. The first-order valence-corrected chi connectivity index (χ1v) is 23.2. The van der Waals surface area contributed by atoms with Crippen molar-refractivity contribution in [2.45, 2.75) is 76.7 Å². The number of hydrogen-bond acceptors (Lipinski definition) is 8. The molecule has 64 heavy (non-hydrogen) atoms. The molecule has 346 valence electrons. The lowest BCUT2D eigenvalue weighted by Gasteiger charge is -2.52. The van der Waals surface area contributed by atoms with Crippen molar-refractivity contribution in [1.82, 2.24) is 14.7 Å². The van der Waals surface area contributed by atoms with E-state index in [4.69, 9.17) is 30.5 Å². The Morgan fingerprint density at radius 2 is 0.938 bits per heavy atom. The Kier molecular flexibility index (Phi) is 16.8. The Morgan fingerprint density at radius 1 is 0.594 bits per heavy atom. The molecule has 3 aliphatic heterocycles. The van der Waals surface area contributed by atoms with E-state index in [1.165, 1.54) is 0 Å². The zero-order chi connectivity index (χ0) is 45.1. The van der Waals surface area contributed by atoms with Crippen LogP contribution in [0.15, 0.2) is 97.1 Å². The summed E-state index contributed by atoms with van der Waals surface area (Å²) in [6.07, 6.45) is -0.795. The number of nitrogens with zero attached hydrogens (tertiary/aromatic N) is 3. The number of hydrogen-bond donors (Lipinski definition) is 1. The van der Waals surface area contributed by atoms with Crippen LogP contribution < -0.4 is 19.5 Å². The van der Waals surface area contributed by atoms with Crippen molar-refractivity contribution in [1.29, 1.82) is 0 Å². The second-order valence-electron chi connectivity index (χ2n) is 18.0. The molecule has 0 saturated carbocycles. The molecule has 6 atom stereocenters. The van der Waals surface area contributed by atoms with E-state index in [1.807, 2.05) is 72.8 Å². The fourth-order valence-corrected chi connectivity index (χ4v) is 10.3. The van der Waals surface area contributed by atoms with Gasteiger partial charge in [-0.05, 0) is 153 Å². The second kappa shape index (κ2) is 22.6. The van der Waals surface area contributed by atoms with E-state index in [9.17, 15) is 4.79 Å². The number of piperidine rings is 3. The van der Waals surface area contributed by atoms with Crippen LogP contribution >= 0.6 is 11.6 Å². The molecule has 3 saturated heterocycles. The summed E-state index contributed by atoms with van der Waals surface area (Å²) >= 11 is 6.10. The first-order valence-electron chi connectivity index (χ1n) is 22.8. The first kappa shape index (κ1) is 47.5. The molecule has 4 aromatic carbocycles. The number of likely N-dealkylation sites (tertiary alicyclic amines) is 3. The molecular weight excluding hydrogens is 841 g/mol. The molecule has 6 unspecified atom stereocenters. The summed E-state index contributed by atoms with van der Waals surface area (Å²) in [4.78, 5) is 18.5. The van der Waals surface area contributed by atoms with E-state index < -0.39 is 37.0 Å². The normalized spacial score (nSPS) is 22.4. The van der Waals surface area contributed by atoms with Crippen LogP contribution in [0.1, 0.15) is 55.2 Å². The third-order valence-electron chi connectivity index (χ3n) is 13.5. The van der Waals surface area contributed by atoms with Crippen LogP contribution in [0, 0.1) is 23.2 Å². The van der Waals surface area contributed by atoms with Gasteiger partial charge in [0.05, 0.1) is 21.3 Å². The quantitative estimate of drug-likeness (QED) is 0.0990. The van der Waals surface area contributed by atoms with Gasteiger partial charge >= 0.3 is 6.09 Å². The summed E-state index contributed by atoms with van der Waals surface area (Å²) in [5.41, 5.74) is 1.18. The molecule has 0 aromatic heterocycles. The zero-order valence-electron chi connectivity index (χ0n) is 37.4. The Hall–Kier alpha value is -4.49. The van der Waals surface area contributed by atoms with Crippen molar-refractivity contribution in [3.8, 4) is 17.2 Å². The predicted molar refractivity (Wildman–Crippen MR) is 247 cm³/mol. The number of carbonyl (C=O) groups is 1. The van der Waals surface area contributed by atoms with Crippen molar-refractivity contribution < 1.29 is 36.9 Å². The minimum atomic E-state index is -2.44. The fraction of sp³-hybridized carbons (Fsp3) is 0.510. The van der Waals surface area contributed by atoms with Crippen LogP contribution in [0.2, 0.25) is 5.02 Å². The zero-order valence-corrected chi connectivity index (χ0v) is 38.2. The minimum Gasteiger partial charge on any atom is -0.497 e. The van der Waals surface area contributed by atoms with Crippen LogP contribution in [0.5, 0.6) is 17.2 Å². The van der Waals surface area contributed by atoms with Gasteiger partial charge in [-0.25, -0.2) is 18.0 Å². The van der Waals surface area contributed by atoms with Gasteiger partial charge in [0.1, 0.15) is 29.3 Å². The third kappa shape index (κ3) is 12.0. The maximum Gasteiger partial charge on any atom is 0.411 e. The van der Waals surface area contributed by atoms with Gasteiger partial charge in [-0.1, -0.05) is 48.0 Å². The third-order valence-corrected chi connectivity index (χ3v) is 13.8. The van der Waals surface area contributed by atoms with Crippen LogP contribution in [0.25, 0.3) is 0 Å². The Labute approximate surface area is 382 Å². The van der Waals surface area contributed by atoms with Crippen LogP contribution in [0.4, 0.5) is 23.7 Å². The Balaban J connectivity index is 1.21. The number of carbonyl (C=O) groups excluding carboxylic acids is 1. The molecule has 4 aromatic rings. The molecule has 9 nitrogen and oxygen atoms in total. The average molecular weight is 906 g/mol. The van der Waals surface area contributed by atoms with Gasteiger partial charge < -0.3 is 18.9 Å². The molecule has 3 heterocycles. The molecule has 3 fully saturated rings. The van der Waals surface area contributed by atoms with Gasteiger partial charge in [0, 0.05) is 50.0 Å². The van der Waals surface area contributed by atoms with Crippen molar-refractivity contribution >= 4 is 23.4 Å². The van der Waals surface area contributed by atoms with Gasteiger partial charge in [-0.15, -0.1) is 0 Å². The van der Waals surface area contributed by atoms with Crippen molar-refractivity contribution in [3.05, 3.63) is 119 Å². The number of anilines is 1. The Morgan fingerprint density at radius 3 is 1.27 bits per heavy atom. The Bertz CT molecular complexity index is 1870. The number of rotatable bonds is 18. The number of benzene rings is 4. The lowest BCUT2D eigenvalue weighted by molar-refractivity contribution is -0.221. The summed E-state index contributed by atoms with van der Waals surface area (Å²) in [6, 6.07) is 30.0. The van der Waals surface area contributed by atoms with Gasteiger partial charge in [0.2, 0.25) is 0 Å². The molecule has 1 N–H and O–H groups in total. The molecule has 7 rings (SSSR count). The van der Waals surface area contributed by atoms with Crippen molar-refractivity contribution in [2.75, 3.05) is 72.5 Å². The highest BCUT2D eigenvalue weighted by molar-refractivity contribution is 6.30. The monoisotopic (exact) mass is 904 g/mol. The van der Waals surface area contributed by atoms with E-state index in [0.717, 1.165) is 53.2 Å². The van der Waals surface area contributed by atoms with E-state index in [0.29, 0.717) is 88.5 Å². The van der Waals surface area contributed by atoms with Crippen molar-refractivity contribution in [2.24, 2.45) is 23.2 Å². The van der Waals surface area contributed by atoms with Crippen LogP contribution in [0.3, 0.4) is 0 Å². The number of nitrogens with one attached hydrogen (secondary N) is 1. The maximum absolute atomic E-state index is 18.5. The van der Waals surface area contributed by atoms with Crippen molar-refractivity contribution in [3.63, 3.8) is 0 Å². The van der Waals surface area contributed by atoms with E-state index >= 15 is 13.2 Å². The standard InChI is InChI=1S/C51H64ClF3N4O5/c1-61-44-20-10-36(11-21-44)29-39-7-4-26-57(32-39)47(53)51(35-64-50(60)56-43-18-16-42(52)17-19-43,48(54)58-27-5-8-40(33-58)30-37-12-22-45(62-2)23-13-37)49(55)59-28-6-9-41(34-59)31-38-14-24-46(63-3)25-15-38/h10-25,39-41,47-49H,4-9,26-35H2,1-3H3,(H,56,60). The highest BCUT2D eigenvalue weighted by Gasteiger charge is 2.61. The molecular formula is C51H64ClF3N4O5. The summed E-state index contributed by atoms with van der Waals surface area (Å²) in [6.45, 7) is 1.02. The van der Waals surface area contributed by atoms with Gasteiger partial charge in [0.15, 0.2) is 18.9 Å². The predicted octanol–water partition coefficient (Wildman–Crippen LogP) is 10.7. The lowest BCUT2D eigenvalue weighted by Crippen LogP contribution is -2.67. The smallest absolute Gasteiger partial charge is 0.411 e. The summed E-state index contributed by atoms with van der Waals surface area (Å²) in [5.74, 6) is 2.36. The van der Waals surface area contributed by atoms with Gasteiger partial charge in [0.25, 0.3) is 0 Å².